The second kappa shape index (κ2) is 9.52. The van der Waals surface area contributed by atoms with E-state index in [0.717, 1.165) is 16.8 Å². The molecule has 31 heavy (non-hydrogen) atoms. The van der Waals surface area contributed by atoms with Gasteiger partial charge in [0.15, 0.2) is 5.41 Å². The summed E-state index contributed by atoms with van der Waals surface area (Å²) in [4.78, 5) is 33.0. The van der Waals surface area contributed by atoms with Crippen LogP contribution in [0.4, 0.5) is 5.69 Å². The van der Waals surface area contributed by atoms with E-state index in [1.165, 1.54) is 14.2 Å². The van der Waals surface area contributed by atoms with E-state index in [0.29, 0.717) is 6.42 Å². The highest BCUT2D eigenvalue weighted by Crippen LogP contribution is 2.48. The van der Waals surface area contributed by atoms with Crippen molar-refractivity contribution in [3.63, 3.8) is 0 Å². The summed E-state index contributed by atoms with van der Waals surface area (Å²) in [6.45, 7) is 6.11. The Morgan fingerprint density at radius 3 is 2.13 bits per heavy atom. The molecule has 1 fully saturated rings. The Labute approximate surface area is 184 Å². The number of aryl methyl sites for hydroxylation is 1. The van der Waals surface area contributed by atoms with Gasteiger partial charge in [-0.25, -0.2) is 5.06 Å². The number of esters is 2. The molecule has 0 aliphatic carbocycles. The van der Waals surface area contributed by atoms with Gasteiger partial charge in [0.2, 0.25) is 0 Å². The number of nitrogens with zero attached hydrogens (tertiary/aromatic N) is 1. The molecule has 0 spiro atoms. The van der Waals surface area contributed by atoms with Crippen molar-refractivity contribution in [2.75, 3.05) is 19.3 Å². The third kappa shape index (κ3) is 4.44. The van der Waals surface area contributed by atoms with Crippen molar-refractivity contribution < 1.29 is 23.9 Å². The van der Waals surface area contributed by atoms with Crippen molar-refractivity contribution in [2.24, 2.45) is 11.3 Å². The lowest BCUT2D eigenvalue weighted by Gasteiger charge is -2.49. The predicted molar refractivity (Wildman–Crippen MR) is 118 cm³/mol. The van der Waals surface area contributed by atoms with Gasteiger partial charge in [-0.05, 0) is 37.0 Å². The largest absolute Gasteiger partial charge is 0.468 e. The molecule has 1 saturated heterocycles. The van der Waals surface area contributed by atoms with E-state index in [9.17, 15) is 9.59 Å². The average molecular weight is 426 g/mol. The molecule has 0 bridgehead atoms. The van der Waals surface area contributed by atoms with E-state index >= 15 is 0 Å². The third-order valence-electron chi connectivity index (χ3n) is 5.85. The Balaban J connectivity index is 2.21. The maximum absolute atomic E-state index is 13.3. The number of rotatable bonds is 6. The summed E-state index contributed by atoms with van der Waals surface area (Å²) in [6, 6.07) is 16.9. The zero-order valence-electron chi connectivity index (χ0n) is 18.8. The topological polar surface area (TPSA) is 65.1 Å². The number of ether oxygens (including phenoxy) is 2. The number of anilines is 1. The molecule has 0 unspecified atom stereocenters. The fraction of sp³-hybridized carbons (Fsp3) is 0.440. The number of carbonyl (C=O) groups excluding carboxylic acids is 2. The molecule has 1 aliphatic heterocycles. The first-order valence-corrected chi connectivity index (χ1v) is 10.6. The molecule has 0 N–H and O–H groups in total. The summed E-state index contributed by atoms with van der Waals surface area (Å²) in [5.74, 6) is -1.01. The van der Waals surface area contributed by atoms with Crippen LogP contribution in [0.15, 0.2) is 54.6 Å². The molecule has 3 rings (SSSR count). The van der Waals surface area contributed by atoms with Crippen LogP contribution < -0.4 is 5.06 Å². The lowest BCUT2D eigenvalue weighted by atomic mass is 9.70. The smallest absolute Gasteiger partial charge is 0.325 e. The van der Waals surface area contributed by atoms with Gasteiger partial charge in [0.25, 0.3) is 0 Å². The highest BCUT2D eigenvalue weighted by molar-refractivity contribution is 6.01. The monoisotopic (exact) mass is 425 g/mol. The van der Waals surface area contributed by atoms with E-state index in [1.54, 1.807) is 5.06 Å². The second-order valence-corrected chi connectivity index (χ2v) is 8.47. The zero-order chi connectivity index (χ0) is 22.6. The van der Waals surface area contributed by atoms with Gasteiger partial charge >= 0.3 is 11.9 Å². The summed E-state index contributed by atoms with van der Waals surface area (Å²) in [5, 5.41) is 1.72. The number of methoxy groups -OCH3 is 2. The molecule has 166 valence electrons. The maximum Gasteiger partial charge on any atom is 0.325 e. The Morgan fingerprint density at radius 2 is 1.61 bits per heavy atom. The quantitative estimate of drug-likeness (QED) is 0.497. The van der Waals surface area contributed by atoms with Crippen LogP contribution in [0.5, 0.6) is 0 Å². The van der Waals surface area contributed by atoms with Gasteiger partial charge in [0, 0.05) is 6.42 Å². The predicted octanol–water partition coefficient (Wildman–Crippen LogP) is 4.63. The van der Waals surface area contributed by atoms with Gasteiger partial charge in [-0.1, -0.05) is 61.9 Å². The van der Waals surface area contributed by atoms with Crippen LogP contribution >= 0.6 is 0 Å². The van der Waals surface area contributed by atoms with Crippen LogP contribution in [-0.2, 0) is 23.9 Å². The Morgan fingerprint density at radius 1 is 1.03 bits per heavy atom. The lowest BCUT2D eigenvalue weighted by molar-refractivity contribution is -0.187. The minimum Gasteiger partial charge on any atom is -0.468 e. The summed E-state index contributed by atoms with van der Waals surface area (Å²) >= 11 is 0. The lowest BCUT2D eigenvalue weighted by Crippen LogP contribution is -2.62. The highest BCUT2D eigenvalue weighted by atomic mass is 16.7. The minimum atomic E-state index is -1.53. The van der Waals surface area contributed by atoms with Gasteiger partial charge in [-0.15, -0.1) is 0 Å². The van der Waals surface area contributed by atoms with E-state index in [-0.39, 0.29) is 12.3 Å². The Kier molecular flexibility index (Phi) is 7.01. The van der Waals surface area contributed by atoms with Crippen molar-refractivity contribution >= 4 is 17.6 Å². The number of benzene rings is 2. The fourth-order valence-electron chi connectivity index (χ4n) is 4.29. The summed E-state index contributed by atoms with van der Waals surface area (Å²) in [5.41, 5.74) is 1.22. The molecule has 0 aromatic heterocycles. The van der Waals surface area contributed by atoms with Gasteiger partial charge < -0.3 is 9.47 Å². The second-order valence-electron chi connectivity index (χ2n) is 8.47. The number of hydrogen-bond donors (Lipinski definition) is 0. The van der Waals surface area contributed by atoms with Gasteiger partial charge in [-0.3, -0.25) is 14.4 Å². The third-order valence-corrected chi connectivity index (χ3v) is 5.85. The molecule has 0 radical (unpaired) electrons. The first-order chi connectivity index (χ1) is 14.8. The fourth-order valence-corrected chi connectivity index (χ4v) is 4.29. The minimum absolute atomic E-state index is 0.135. The van der Waals surface area contributed by atoms with Crippen molar-refractivity contribution in [1.82, 2.24) is 0 Å². The molecule has 0 amide bonds. The van der Waals surface area contributed by atoms with Gasteiger partial charge in [0.05, 0.1) is 25.9 Å². The number of hydroxylamine groups is 1. The van der Waals surface area contributed by atoms with Crippen LogP contribution in [-0.4, -0.2) is 32.2 Å². The van der Waals surface area contributed by atoms with Crippen LogP contribution in [0.1, 0.15) is 43.9 Å². The van der Waals surface area contributed by atoms with Crippen molar-refractivity contribution in [3.8, 4) is 0 Å². The summed E-state index contributed by atoms with van der Waals surface area (Å²) < 4.78 is 10.4. The standard InChI is InChI=1S/C25H31NO5/c1-17(2)15-22-25(23(27)29-4,24(28)30-5)16-21(19-9-7-6-8-10-19)31-26(22)20-13-11-18(3)12-14-20/h6-14,17,21-22H,15-16H2,1-5H3/t21-,22-/m1/s1. The molecule has 2 aromatic rings. The van der Waals surface area contributed by atoms with Gasteiger partial charge in [0.1, 0.15) is 6.10 Å². The summed E-state index contributed by atoms with van der Waals surface area (Å²) in [7, 11) is 2.62. The zero-order valence-corrected chi connectivity index (χ0v) is 18.8. The first-order valence-electron chi connectivity index (χ1n) is 10.6. The normalized spacial score (nSPS) is 20.4. The number of hydrogen-bond acceptors (Lipinski definition) is 6. The number of carbonyl (C=O) groups is 2. The van der Waals surface area contributed by atoms with Crippen LogP contribution in [0.3, 0.4) is 0 Å². The molecule has 6 heteroatoms. The average Bonchev–Trinajstić information content (AvgIpc) is 2.79. The van der Waals surface area contributed by atoms with E-state index in [4.69, 9.17) is 14.3 Å². The van der Waals surface area contributed by atoms with E-state index < -0.39 is 29.5 Å². The van der Waals surface area contributed by atoms with Crippen molar-refractivity contribution in [2.45, 2.75) is 45.8 Å². The first kappa shape index (κ1) is 22.8. The molecule has 1 aliphatic rings. The molecule has 0 saturated carbocycles. The molecule has 6 nitrogen and oxygen atoms in total. The van der Waals surface area contributed by atoms with E-state index in [2.05, 4.69) is 13.8 Å². The van der Waals surface area contributed by atoms with Crippen LogP contribution in [0, 0.1) is 18.3 Å². The molecular weight excluding hydrogens is 394 g/mol. The van der Waals surface area contributed by atoms with Crippen LogP contribution in [0.2, 0.25) is 0 Å². The molecule has 2 aromatic carbocycles. The molecule has 2 atom stereocenters. The van der Waals surface area contributed by atoms with Crippen molar-refractivity contribution in [3.05, 3.63) is 65.7 Å². The molecule has 1 heterocycles. The van der Waals surface area contributed by atoms with Gasteiger partial charge in [-0.2, -0.15) is 0 Å². The maximum atomic E-state index is 13.3. The molecular formula is C25H31NO5. The Bertz CT molecular complexity index is 878. The highest BCUT2D eigenvalue weighted by Gasteiger charge is 2.61. The van der Waals surface area contributed by atoms with E-state index in [1.807, 2.05) is 61.5 Å². The summed E-state index contributed by atoms with van der Waals surface area (Å²) in [6.07, 6.45) is 0.152. The van der Waals surface area contributed by atoms with Crippen LogP contribution in [0.25, 0.3) is 0 Å². The van der Waals surface area contributed by atoms with Crippen molar-refractivity contribution in [1.29, 1.82) is 0 Å². The SMILES string of the molecule is COC(=O)C1(C(=O)OC)C[C@H](c2ccccc2)ON(c2ccc(C)cc2)[C@@H]1CC(C)C. The Hall–Kier alpha value is -2.86.